The minimum Gasteiger partial charge on any atom is -0.342 e. The molecule has 0 aliphatic heterocycles. The Balaban J connectivity index is 2.54. The first-order valence-electron chi connectivity index (χ1n) is 4.56. The molecule has 0 radical (unpaired) electrons. The van der Waals surface area contributed by atoms with Crippen LogP contribution in [-0.2, 0) is 0 Å². The van der Waals surface area contributed by atoms with E-state index in [1.807, 2.05) is 0 Å². The van der Waals surface area contributed by atoms with Gasteiger partial charge in [-0.05, 0) is 12.1 Å². The molecule has 2 rings (SSSR count). The van der Waals surface area contributed by atoms with Crippen molar-refractivity contribution in [3.63, 3.8) is 0 Å². The summed E-state index contributed by atoms with van der Waals surface area (Å²) in [4.78, 5) is 28.4. The monoisotopic (exact) mass is 251 g/mol. The lowest BCUT2D eigenvalue weighted by atomic mass is 10.1. The Morgan fingerprint density at radius 3 is 2.82 bits per heavy atom. The van der Waals surface area contributed by atoms with Gasteiger partial charge in [-0.3, -0.25) is 14.9 Å². The van der Waals surface area contributed by atoms with Crippen LogP contribution in [-0.4, -0.2) is 20.7 Å². The van der Waals surface area contributed by atoms with Gasteiger partial charge < -0.3 is 4.98 Å². The van der Waals surface area contributed by atoms with Crippen molar-refractivity contribution in [3.05, 3.63) is 57.1 Å². The molecule has 1 aromatic heterocycles. The molecule has 7 heteroatoms. The highest BCUT2D eigenvalue weighted by atomic mass is 35.5. The molecular weight excluding hydrogens is 246 g/mol. The van der Waals surface area contributed by atoms with Gasteiger partial charge in [0, 0.05) is 11.1 Å². The topological polar surface area (TPSA) is 88.9 Å². The van der Waals surface area contributed by atoms with Crippen molar-refractivity contribution in [1.82, 2.24) is 9.97 Å². The van der Waals surface area contributed by atoms with E-state index in [1.54, 1.807) is 0 Å². The normalized spacial score (nSPS) is 10.2. The number of hydrogen-bond donors (Lipinski definition) is 1. The highest BCUT2D eigenvalue weighted by Crippen LogP contribution is 2.24. The van der Waals surface area contributed by atoms with E-state index in [0.29, 0.717) is 0 Å². The number of ketones is 1. The van der Waals surface area contributed by atoms with Gasteiger partial charge in [0.1, 0.15) is 11.3 Å². The lowest BCUT2D eigenvalue weighted by Gasteiger charge is -2.01. The average Bonchev–Trinajstić information content (AvgIpc) is 2.80. The summed E-state index contributed by atoms with van der Waals surface area (Å²) in [5, 5.41) is 11.1. The van der Waals surface area contributed by atoms with E-state index in [1.165, 1.54) is 30.7 Å². The quantitative estimate of drug-likeness (QED) is 0.514. The summed E-state index contributed by atoms with van der Waals surface area (Å²) in [6, 6.07) is 3.83. The zero-order valence-corrected chi connectivity index (χ0v) is 9.14. The molecule has 1 aromatic carbocycles. The number of benzene rings is 1. The van der Waals surface area contributed by atoms with Crippen LogP contribution in [0.3, 0.4) is 0 Å². The fourth-order valence-electron chi connectivity index (χ4n) is 1.37. The molecule has 0 aliphatic carbocycles. The maximum Gasteiger partial charge on any atom is 0.280 e. The molecule has 0 unspecified atom stereocenters. The molecule has 0 saturated carbocycles. The lowest BCUT2D eigenvalue weighted by molar-refractivity contribution is -0.385. The molecule has 1 heterocycles. The van der Waals surface area contributed by atoms with Crippen LogP contribution in [0.5, 0.6) is 0 Å². The van der Waals surface area contributed by atoms with Crippen LogP contribution < -0.4 is 0 Å². The van der Waals surface area contributed by atoms with Crippen molar-refractivity contribution in [2.24, 2.45) is 0 Å². The van der Waals surface area contributed by atoms with Crippen LogP contribution in [0.4, 0.5) is 5.69 Å². The molecule has 86 valence electrons. The number of aromatic amines is 1. The molecule has 17 heavy (non-hydrogen) atoms. The summed E-state index contributed by atoms with van der Waals surface area (Å²) in [5.41, 5.74) is -0.170. The van der Waals surface area contributed by atoms with Crippen molar-refractivity contribution in [3.8, 4) is 0 Å². The number of nitro groups is 1. The Morgan fingerprint density at radius 2 is 2.24 bits per heavy atom. The van der Waals surface area contributed by atoms with Gasteiger partial charge >= 0.3 is 0 Å². The number of nitrogens with zero attached hydrogens (tertiary/aromatic N) is 2. The second-order valence-corrected chi connectivity index (χ2v) is 3.65. The van der Waals surface area contributed by atoms with E-state index in [0.717, 1.165) is 0 Å². The van der Waals surface area contributed by atoms with Crippen molar-refractivity contribution < 1.29 is 9.72 Å². The summed E-state index contributed by atoms with van der Waals surface area (Å²) in [5.74, 6) is -0.517. The number of nitro benzene ring substituents is 1. The molecule has 0 amide bonds. The first-order chi connectivity index (χ1) is 8.09. The van der Waals surface area contributed by atoms with E-state index in [2.05, 4.69) is 9.97 Å². The van der Waals surface area contributed by atoms with E-state index in [4.69, 9.17) is 11.6 Å². The molecule has 0 bridgehead atoms. The van der Waals surface area contributed by atoms with Crippen LogP contribution in [0.25, 0.3) is 0 Å². The van der Waals surface area contributed by atoms with Gasteiger partial charge in [0.2, 0.25) is 5.78 Å². The average molecular weight is 252 g/mol. The van der Waals surface area contributed by atoms with Crippen LogP contribution >= 0.6 is 11.6 Å². The van der Waals surface area contributed by atoms with E-state index in [9.17, 15) is 14.9 Å². The maximum absolute atomic E-state index is 12.0. The predicted molar refractivity (Wildman–Crippen MR) is 60.1 cm³/mol. The van der Waals surface area contributed by atoms with E-state index >= 15 is 0 Å². The summed E-state index contributed by atoms with van der Waals surface area (Å²) in [7, 11) is 0. The smallest absolute Gasteiger partial charge is 0.280 e. The van der Waals surface area contributed by atoms with Gasteiger partial charge in [-0.25, -0.2) is 4.98 Å². The second kappa shape index (κ2) is 4.34. The first kappa shape index (κ1) is 11.3. The third kappa shape index (κ3) is 2.16. The van der Waals surface area contributed by atoms with Gasteiger partial charge in [-0.1, -0.05) is 11.6 Å². The van der Waals surface area contributed by atoms with E-state index < -0.39 is 10.7 Å². The van der Waals surface area contributed by atoms with Gasteiger partial charge in [0.25, 0.3) is 5.69 Å². The molecule has 1 N–H and O–H groups in total. The highest BCUT2D eigenvalue weighted by Gasteiger charge is 2.22. The molecule has 0 atom stereocenters. The van der Waals surface area contributed by atoms with Gasteiger partial charge in [0.15, 0.2) is 0 Å². The van der Waals surface area contributed by atoms with Gasteiger partial charge in [0.05, 0.1) is 17.4 Å². The summed E-state index contributed by atoms with van der Waals surface area (Å²) in [6.45, 7) is 0. The fraction of sp³-hybridized carbons (Fsp3) is 0. The maximum atomic E-state index is 12.0. The Bertz CT molecular complexity index is 580. The molecule has 0 saturated heterocycles. The number of aromatic nitrogens is 2. The number of rotatable bonds is 3. The number of imidazole rings is 1. The standard InChI is InChI=1S/C10H6ClN3O3/c11-6-1-2-9(14(16)17)7(3-6)10(15)8-4-12-5-13-8/h1-5H,(H,12,13). The van der Waals surface area contributed by atoms with Crippen molar-refractivity contribution in [2.45, 2.75) is 0 Å². The predicted octanol–water partition coefficient (Wildman–Crippen LogP) is 2.20. The highest BCUT2D eigenvalue weighted by molar-refractivity contribution is 6.31. The Labute approximate surface area is 100 Å². The number of halogens is 1. The van der Waals surface area contributed by atoms with Crippen molar-refractivity contribution >= 4 is 23.1 Å². The van der Waals surface area contributed by atoms with Crippen molar-refractivity contribution in [2.75, 3.05) is 0 Å². The van der Waals surface area contributed by atoms with E-state index in [-0.39, 0.29) is 22.0 Å². The number of carbonyl (C=O) groups excluding carboxylic acids is 1. The van der Waals surface area contributed by atoms with Crippen LogP contribution in [0, 0.1) is 10.1 Å². The van der Waals surface area contributed by atoms with Crippen LogP contribution in [0.2, 0.25) is 5.02 Å². The Hall–Kier alpha value is -2.21. The summed E-state index contributed by atoms with van der Waals surface area (Å²) < 4.78 is 0. The van der Waals surface area contributed by atoms with Crippen molar-refractivity contribution in [1.29, 1.82) is 0 Å². The van der Waals surface area contributed by atoms with Gasteiger partial charge in [-0.2, -0.15) is 0 Å². The SMILES string of the molecule is O=C(c1cnc[nH]1)c1cc(Cl)ccc1[N+](=O)[O-]. The van der Waals surface area contributed by atoms with Crippen LogP contribution in [0.15, 0.2) is 30.7 Å². The minimum atomic E-state index is -0.625. The number of carbonyl (C=O) groups is 1. The number of H-pyrrole nitrogens is 1. The lowest BCUT2D eigenvalue weighted by Crippen LogP contribution is -2.05. The molecule has 0 fully saturated rings. The van der Waals surface area contributed by atoms with Crippen LogP contribution in [0.1, 0.15) is 16.1 Å². The third-order valence-electron chi connectivity index (χ3n) is 2.14. The number of nitrogens with one attached hydrogen (secondary N) is 1. The fourth-order valence-corrected chi connectivity index (χ4v) is 1.55. The molecule has 6 nitrogen and oxygen atoms in total. The molecule has 2 aromatic rings. The molecule has 0 aliphatic rings. The van der Waals surface area contributed by atoms with Gasteiger partial charge in [-0.15, -0.1) is 0 Å². The zero-order valence-electron chi connectivity index (χ0n) is 8.38. The minimum absolute atomic E-state index is 0.0632. The molecule has 0 spiro atoms. The second-order valence-electron chi connectivity index (χ2n) is 3.21. The zero-order chi connectivity index (χ0) is 12.4. The molecular formula is C10H6ClN3O3. The first-order valence-corrected chi connectivity index (χ1v) is 4.94. The summed E-state index contributed by atoms with van der Waals surface area (Å²) >= 11 is 5.73. The Kier molecular flexibility index (Phi) is 2.88. The Morgan fingerprint density at radius 1 is 1.47 bits per heavy atom. The third-order valence-corrected chi connectivity index (χ3v) is 2.38. The largest absolute Gasteiger partial charge is 0.342 e. The summed E-state index contributed by atoms with van der Waals surface area (Å²) in [6.07, 6.45) is 2.62. The number of hydrogen-bond acceptors (Lipinski definition) is 4.